The molecule has 0 aliphatic rings. The Morgan fingerprint density at radius 3 is 2.62 bits per heavy atom. The van der Waals surface area contributed by atoms with Crippen molar-refractivity contribution in [1.82, 2.24) is 14.5 Å². The summed E-state index contributed by atoms with van der Waals surface area (Å²) in [4.78, 5) is 0.241. The normalized spacial score (nSPS) is 13.1. The number of rotatable bonds is 5. The van der Waals surface area contributed by atoms with Crippen LogP contribution < -0.4 is 10.0 Å². The van der Waals surface area contributed by atoms with Crippen molar-refractivity contribution in [3.8, 4) is 0 Å². The third-order valence-corrected chi connectivity index (χ3v) is 4.73. The van der Waals surface area contributed by atoms with Crippen LogP contribution in [0.1, 0.15) is 24.2 Å². The molecule has 0 amide bonds. The second kappa shape index (κ2) is 5.87. The molecule has 0 aliphatic carbocycles. The fourth-order valence-electron chi connectivity index (χ4n) is 2.24. The van der Waals surface area contributed by atoms with Crippen LogP contribution in [0.3, 0.4) is 0 Å². The molecule has 0 fully saturated rings. The standard InChI is InChI=1S/C14H20N4O2S/c1-10(14-9-18(4)17-11(14)2)16-12-6-5-7-13(8-12)21(19,20)15-3/h5-10,15-16H,1-4H3. The fraction of sp³-hybridized carbons (Fsp3) is 0.357. The maximum Gasteiger partial charge on any atom is 0.240 e. The van der Waals surface area contributed by atoms with Crippen molar-refractivity contribution in [2.75, 3.05) is 12.4 Å². The first-order valence-electron chi connectivity index (χ1n) is 6.64. The van der Waals surface area contributed by atoms with E-state index >= 15 is 0 Å². The first-order valence-corrected chi connectivity index (χ1v) is 8.12. The number of nitrogens with zero attached hydrogens (tertiary/aromatic N) is 2. The van der Waals surface area contributed by atoms with Crippen LogP contribution in [0.4, 0.5) is 5.69 Å². The van der Waals surface area contributed by atoms with Gasteiger partial charge in [-0.05, 0) is 39.1 Å². The minimum atomic E-state index is -3.43. The molecule has 2 N–H and O–H groups in total. The molecule has 0 saturated heterocycles. The van der Waals surface area contributed by atoms with Crippen LogP contribution in [0.25, 0.3) is 0 Å². The molecule has 0 bridgehead atoms. The molecule has 1 aromatic heterocycles. The zero-order valence-electron chi connectivity index (χ0n) is 12.6. The molecule has 0 spiro atoms. The maximum absolute atomic E-state index is 11.8. The van der Waals surface area contributed by atoms with Gasteiger partial charge < -0.3 is 5.32 Å². The lowest BCUT2D eigenvalue weighted by Gasteiger charge is -2.15. The summed E-state index contributed by atoms with van der Waals surface area (Å²) in [5.41, 5.74) is 2.79. The second-order valence-electron chi connectivity index (χ2n) is 4.94. The highest BCUT2D eigenvalue weighted by Gasteiger charge is 2.14. The number of benzene rings is 1. The van der Waals surface area contributed by atoms with E-state index in [1.807, 2.05) is 33.2 Å². The Kier molecular flexibility index (Phi) is 4.34. The van der Waals surface area contributed by atoms with Gasteiger partial charge in [0.1, 0.15) is 0 Å². The van der Waals surface area contributed by atoms with Gasteiger partial charge in [-0.15, -0.1) is 0 Å². The van der Waals surface area contributed by atoms with E-state index in [0.717, 1.165) is 16.9 Å². The quantitative estimate of drug-likeness (QED) is 0.883. The van der Waals surface area contributed by atoms with Crippen LogP contribution in [0.5, 0.6) is 0 Å². The lowest BCUT2D eigenvalue weighted by atomic mass is 10.1. The molecule has 7 heteroatoms. The third kappa shape index (κ3) is 3.43. The van der Waals surface area contributed by atoms with Gasteiger partial charge in [-0.1, -0.05) is 6.07 Å². The highest BCUT2D eigenvalue weighted by molar-refractivity contribution is 7.89. The van der Waals surface area contributed by atoms with Gasteiger partial charge in [0.15, 0.2) is 0 Å². The van der Waals surface area contributed by atoms with Crippen molar-refractivity contribution in [2.24, 2.45) is 7.05 Å². The van der Waals surface area contributed by atoms with E-state index in [1.54, 1.807) is 22.9 Å². The van der Waals surface area contributed by atoms with Crippen molar-refractivity contribution in [3.63, 3.8) is 0 Å². The van der Waals surface area contributed by atoms with Gasteiger partial charge >= 0.3 is 0 Å². The second-order valence-corrected chi connectivity index (χ2v) is 6.83. The zero-order valence-corrected chi connectivity index (χ0v) is 13.4. The van der Waals surface area contributed by atoms with Crippen LogP contribution in [0.15, 0.2) is 35.4 Å². The molecule has 21 heavy (non-hydrogen) atoms. The van der Waals surface area contributed by atoms with E-state index < -0.39 is 10.0 Å². The van der Waals surface area contributed by atoms with Gasteiger partial charge in [-0.2, -0.15) is 5.10 Å². The van der Waals surface area contributed by atoms with E-state index in [0.29, 0.717) is 0 Å². The molecule has 0 aliphatic heterocycles. The Balaban J connectivity index is 2.24. The summed E-state index contributed by atoms with van der Waals surface area (Å²) in [6.45, 7) is 3.97. The molecule has 2 aromatic rings. The fourth-order valence-corrected chi connectivity index (χ4v) is 3.02. The largest absolute Gasteiger partial charge is 0.378 e. The lowest BCUT2D eigenvalue weighted by Crippen LogP contribution is -2.18. The maximum atomic E-state index is 11.8. The monoisotopic (exact) mass is 308 g/mol. The van der Waals surface area contributed by atoms with Crippen LogP contribution in [0.2, 0.25) is 0 Å². The van der Waals surface area contributed by atoms with E-state index in [4.69, 9.17) is 0 Å². The summed E-state index contributed by atoms with van der Waals surface area (Å²) in [6, 6.07) is 6.78. The van der Waals surface area contributed by atoms with Gasteiger partial charge in [0, 0.05) is 24.5 Å². The lowest BCUT2D eigenvalue weighted by molar-refractivity contribution is 0.588. The van der Waals surface area contributed by atoms with Crippen LogP contribution in [-0.4, -0.2) is 25.2 Å². The molecule has 1 aromatic carbocycles. The summed E-state index contributed by atoms with van der Waals surface area (Å²) in [5.74, 6) is 0. The smallest absolute Gasteiger partial charge is 0.240 e. The Labute approximate surface area is 125 Å². The number of aryl methyl sites for hydroxylation is 2. The average Bonchev–Trinajstić information content (AvgIpc) is 2.78. The first kappa shape index (κ1) is 15.5. The van der Waals surface area contributed by atoms with Gasteiger partial charge in [0.2, 0.25) is 10.0 Å². The predicted molar refractivity (Wildman–Crippen MR) is 82.7 cm³/mol. The summed E-state index contributed by atoms with van der Waals surface area (Å²) in [5, 5.41) is 7.62. The Hall–Kier alpha value is -1.86. The molecular formula is C14H20N4O2S. The molecule has 6 nitrogen and oxygen atoms in total. The Morgan fingerprint density at radius 2 is 2.05 bits per heavy atom. The number of hydrogen-bond acceptors (Lipinski definition) is 4. The summed E-state index contributed by atoms with van der Waals surface area (Å²) >= 11 is 0. The zero-order chi connectivity index (χ0) is 15.6. The van der Waals surface area contributed by atoms with Crippen molar-refractivity contribution in [3.05, 3.63) is 41.7 Å². The van der Waals surface area contributed by atoms with Gasteiger partial charge in [0.05, 0.1) is 16.6 Å². The molecule has 0 radical (unpaired) electrons. The Morgan fingerprint density at radius 1 is 1.33 bits per heavy atom. The highest BCUT2D eigenvalue weighted by atomic mass is 32.2. The SMILES string of the molecule is CNS(=O)(=O)c1cccc(NC(C)c2cn(C)nc2C)c1. The highest BCUT2D eigenvalue weighted by Crippen LogP contribution is 2.23. The summed E-state index contributed by atoms with van der Waals surface area (Å²) in [7, 11) is -0.153. The molecule has 1 atom stereocenters. The minimum Gasteiger partial charge on any atom is -0.378 e. The number of aromatic nitrogens is 2. The molecule has 0 saturated carbocycles. The molecule has 1 unspecified atom stereocenters. The van der Waals surface area contributed by atoms with E-state index in [-0.39, 0.29) is 10.9 Å². The number of hydrogen-bond donors (Lipinski definition) is 2. The van der Waals surface area contributed by atoms with Crippen molar-refractivity contribution in [1.29, 1.82) is 0 Å². The van der Waals surface area contributed by atoms with E-state index in [2.05, 4.69) is 15.1 Å². The summed E-state index contributed by atoms with van der Waals surface area (Å²) < 4.78 is 27.7. The minimum absolute atomic E-state index is 0.0336. The third-order valence-electron chi connectivity index (χ3n) is 3.31. The van der Waals surface area contributed by atoms with E-state index in [1.165, 1.54) is 7.05 Å². The van der Waals surface area contributed by atoms with Crippen molar-refractivity contribution < 1.29 is 8.42 Å². The molecule has 2 rings (SSSR count). The molecule has 114 valence electrons. The number of sulfonamides is 1. The van der Waals surface area contributed by atoms with Gasteiger partial charge in [0.25, 0.3) is 0 Å². The first-order chi connectivity index (χ1) is 9.83. The van der Waals surface area contributed by atoms with Crippen LogP contribution in [0, 0.1) is 6.92 Å². The Bertz CT molecular complexity index is 737. The topological polar surface area (TPSA) is 76.0 Å². The average molecular weight is 308 g/mol. The number of anilines is 1. The summed E-state index contributed by atoms with van der Waals surface area (Å²) in [6.07, 6.45) is 1.96. The molecular weight excluding hydrogens is 288 g/mol. The van der Waals surface area contributed by atoms with Crippen molar-refractivity contribution >= 4 is 15.7 Å². The number of nitrogens with one attached hydrogen (secondary N) is 2. The van der Waals surface area contributed by atoms with E-state index in [9.17, 15) is 8.42 Å². The molecule has 1 heterocycles. The van der Waals surface area contributed by atoms with Crippen LogP contribution >= 0.6 is 0 Å². The van der Waals surface area contributed by atoms with Gasteiger partial charge in [-0.25, -0.2) is 13.1 Å². The van der Waals surface area contributed by atoms with Crippen molar-refractivity contribution in [2.45, 2.75) is 24.8 Å². The van der Waals surface area contributed by atoms with Gasteiger partial charge in [-0.3, -0.25) is 4.68 Å². The van der Waals surface area contributed by atoms with Crippen LogP contribution in [-0.2, 0) is 17.1 Å². The predicted octanol–water partition coefficient (Wildman–Crippen LogP) is 1.81.